The van der Waals surface area contributed by atoms with Gasteiger partial charge in [-0.3, -0.25) is 0 Å². The minimum atomic E-state index is 0.612. The van der Waals surface area contributed by atoms with Crippen LogP contribution >= 0.6 is 0 Å². The molecule has 1 N–H and O–H groups in total. The van der Waals surface area contributed by atoms with E-state index in [1.807, 2.05) is 37.3 Å². The summed E-state index contributed by atoms with van der Waals surface area (Å²) in [4.78, 5) is 4.22. The van der Waals surface area contributed by atoms with Crippen molar-refractivity contribution in [2.45, 2.75) is 13.5 Å². The van der Waals surface area contributed by atoms with Crippen molar-refractivity contribution >= 4 is 5.69 Å². The van der Waals surface area contributed by atoms with Crippen LogP contribution in [-0.2, 0) is 6.54 Å². The summed E-state index contributed by atoms with van der Waals surface area (Å²) in [5.74, 6) is 2.25. The molecule has 2 aromatic rings. The average molecular weight is 288 g/mol. The van der Waals surface area contributed by atoms with E-state index in [1.54, 1.807) is 20.4 Å². The van der Waals surface area contributed by atoms with Crippen LogP contribution in [0.4, 0.5) is 5.69 Å². The second-order valence-corrected chi connectivity index (χ2v) is 4.35. The fraction of sp³-hybridized carbons (Fsp3) is 0.312. The third-order valence-electron chi connectivity index (χ3n) is 3.00. The number of benzene rings is 1. The van der Waals surface area contributed by atoms with Gasteiger partial charge in [-0.2, -0.15) is 0 Å². The second kappa shape index (κ2) is 7.38. The van der Waals surface area contributed by atoms with Crippen molar-refractivity contribution in [3.05, 3.63) is 42.1 Å². The summed E-state index contributed by atoms with van der Waals surface area (Å²) in [6.45, 7) is 3.17. The molecule has 0 spiro atoms. The molecule has 0 amide bonds. The monoisotopic (exact) mass is 288 g/mol. The lowest BCUT2D eigenvalue weighted by molar-refractivity contribution is 0.327. The maximum Gasteiger partial charge on any atom is 0.213 e. The molecule has 0 aliphatic carbocycles. The van der Waals surface area contributed by atoms with E-state index in [2.05, 4.69) is 10.3 Å². The molecule has 2 rings (SSSR count). The summed E-state index contributed by atoms with van der Waals surface area (Å²) in [5.41, 5.74) is 1.94. The Labute approximate surface area is 124 Å². The normalized spacial score (nSPS) is 10.0. The van der Waals surface area contributed by atoms with Crippen molar-refractivity contribution in [2.75, 3.05) is 26.1 Å². The van der Waals surface area contributed by atoms with Crippen LogP contribution < -0.4 is 19.5 Å². The predicted molar refractivity (Wildman–Crippen MR) is 82.3 cm³/mol. The third kappa shape index (κ3) is 4.02. The number of hydrogen-bond acceptors (Lipinski definition) is 5. The SMILES string of the molecule is CCOc1ccc(NCc2cc(OC)ccc2OC)cn1. The van der Waals surface area contributed by atoms with Gasteiger partial charge >= 0.3 is 0 Å². The van der Waals surface area contributed by atoms with Gasteiger partial charge in [-0.05, 0) is 31.2 Å². The first kappa shape index (κ1) is 15.0. The lowest BCUT2D eigenvalue weighted by Crippen LogP contribution is -2.03. The Morgan fingerprint density at radius 2 is 1.95 bits per heavy atom. The van der Waals surface area contributed by atoms with Gasteiger partial charge in [0.05, 0.1) is 32.7 Å². The van der Waals surface area contributed by atoms with Crippen LogP contribution in [0.3, 0.4) is 0 Å². The first-order valence-electron chi connectivity index (χ1n) is 6.80. The molecule has 0 aliphatic rings. The predicted octanol–water partition coefficient (Wildman–Crippen LogP) is 3.11. The van der Waals surface area contributed by atoms with Gasteiger partial charge in [0.15, 0.2) is 0 Å². The molecule has 0 bridgehead atoms. The lowest BCUT2D eigenvalue weighted by Gasteiger charge is -2.12. The molecule has 1 aromatic carbocycles. The van der Waals surface area contributed by atoms with Crippen molar-refractivity contribution in [3.63, 3.8) is 0 Å². The van der Waals surface area contributed by atoms with Gasteiger partial charge in [0.25, 0.3) is 0 Å². The summed E-state index contributed by atoms with van der Waals surface area (Å²) < 4.78 is 15.9. The van der Waals surface area contributed by atoms with Crippen molar-refractivity contribution in [2.24, 2.45) is 0 Å². The third-order valence-corrected chi connectivity index (χ3v) is 3.00. The van der Waals surface area contributed by atoms with Gasteiger partial charge < -0.3 is 19.5 Å². The molecule has 0 saturated heterocycles. The maximum atomic E-state index is 5.35. The number of nitrogens with zero attached hydrogens (tertiary/aromatic N) is 1. The number of aromatic nitrogens is 1. The zero-order chi connectivity index (χ0) is 15.1. The quantitative estimate of drug-likeness (QED) is 0.848. The lowest BCUT2D eigenvalue weighted by atomic mass is 10.2. The van der Waals surface area contributed by atoms with E-state index in [1.165, 1.54) is 0 Å². The van der Waals surface area contributed by atoms with Gasteiger partial charge in [0.2, 0.25) is 5.88 Å². The number of ether oxygens (including phenoxy) is 3. The molecule has 112 valence electrons. The first-order valence-corrected chi connectivity index (χ1v) is 6.80. The van der Waals surface area contributed by atoms with E-state index in [0.717, 1.165) is 22.7 Å². The smallest absolute Gasteiger partial charge is 0.213 e. The fourth-order valence-corrected chi connectivity index (χ4v) is 1.94. The Hall–Kier alpha value is -2.43. The zero-order valence-electron chi connectivity index (χ0n) is 12.6. The fourth-order valence-electron chi connectivity index (χ4n) is 1.94. The largest absolute Gasteiger partial charge is 0.497 e. The molecule has 0 aliphatic heterocycles. The molecule has 0 unspecified atom stereocenters. The van der Waals surface area contributed by atoms with Crippen LogP contribution in [0.2, 0.25) is 0 Å². The van der Waals surface area contributed by atoms with Gasteiger partial charge in [-0.15, -0.1) is 0 Å². The number of rotatable bonds is 7. The van der Waals surface area contributed by atoms with Crippen molar-refractivity contribution < 1.29 is 14.2 Å². The van der Waals surface area contributed by atoms with E-state index in [9.17, 15) is 0 Å². The molecule has 5 heteroatoms. The second-order valence-electron chi connectivity index (χ2n) is 4.35. The number of methoxy groups -OCH3 is 2. The van der Waals surface area contributed by atoms with E-state index in [-0.39, 0.29) is 0 Å². The van der Waals surface area contributed by atoms with Crippen LogP contribution in [0.25, 0.3) is 0 Å². The molecule has 0 atom stereocenters. The van der Waals surface area contributed by atoms with Crippen molar-refractivity contribution in [1.29, 1.82) is 0 Å². The van der Waals surface area contributed by atoms with Crippen LogP contribution in [0.1, 0.15) is 12.5 Å². The highest BCUT2D eigenvalue weighted by atomic mass is 16.5. The Kier molecular flexibility index (Phi) is 5.26. The minimum Gasteiger partial charge on any atom is -0.497 e. The highest BCUT2D eigenvalue weighted by Gasteiger charge is 2.05. The number of nitrogens with one attached hydrogen (secondary N) is 1. The summed E-state index contributed by atoms with van der Waals surface area (Å²) in [6.07, 6.45) is 1.75. The molecular formula is C16H20N2O3. The summed E-state index contributed by atoms with van der Waals surface area (Å²) in [6, 6.07) is 9.50. The summed E-state index contributed by atoms with van der Waals surface area (Å²) in [5, 5.41) is 3.30. The Morgan fingerprint density at radius 1 is 1.10 bits per heavy atom. The zero-order valence-corrected chi connectivity index (χ0v) is 12.6. The van der Waals surface area contributed by atoms with Gasteiger partial charge in [-0.25, -0.2) is 4.98 Å². The minimum absolute atomic E-state index is 0.612. The van der Waals surface area contributed by atoms with Crippen molar-refractivity contribution in [1.82, 2.24) is 4.98 Å². The van der Waals surface area contributed by atoms with Gasteiger partial charge in [-0.1, -0.05) is 0 Å². The summed E-state index contributed by atoms with van der Waals surface area (Å²) >= 11 is 0. The highest BCUT2D eigenvalue weighted by Crippen LogP contribution is 2.25. The molecule has 21 heavy (non-hydrogen) atoms. The Morgan fingerprint density at radius 3 is 2.57 bits per heavy atom. The molecule has 1 aromatic heterocycles. The van der Waals surface area contributed by atoms with Crippen molar-refractivity contribution in [3.8, 4) is 17.4 Å². The topological polar surface area (TPSA) is 52.6 Å². The van der Waals surface area contributed by atoms with E-state index < -0.39 is 0 Å². The average Bonchev–Trinajstić information content (AvgIpc) is 2.54. The number of hydrogen-bond donors (Lipinski definition) is 1. The molecule has 0 saturated carbocycles. The number of anilines is 1. The highest BCUT2D eigenvalue weighted by molar-refractivity contribution is 5.46. The molecule has 1 heterocycles. The standard InChI is InChI=1S/C16H20N2O3/c1-4-21-16-8-5-13(11-18-16)17-10-12-9-14(19-2)6-7-15(12)20-3/h5-9,11,17H,4,10H2,1-3H3. The Bertz CT molecular complexity index is 570. The number of pyridine rings is 1. The molecule has 0 fully saturated rings. The van der Waals surface area contributed by atoms with E-state index in [0.29, 0.717) is 19.0 Å². The van der Waals surface area contributed by atoms with Gasteiger partial charge in [0, 0.05) is 18.2 Å². The van der Waals surface area contributed by atoms with E-state index in [4.69, 9.17) is 14.2 Å². The molecule has 5 nitrogen and oxygen atoms in total. The summed E-state index contributed by atoms with van der Waals surface area (Å²) in [7, 11) is 3.30. The molecular weight excluding hydrogens is 268 g/mol. The van der Waals surface area contributed by atoms with Crippen LogP contribution in [0, 0.1) is 0 Å². The first-order chi connectivity index (χ1) is 10.3. The van der Waals surface area contributed by atoms with E-state index >= 15 is 0 Å². The van der Waals surface area contributed by atoms with Crippen LogP contribution in [0.15, 0.2) is 36.5 Å². The van der Waals surface area contributed by atoms with Gasteiger partial charge in [0.1, 0.15) is 11.5 Å². The maximum absolute atomic E-state index is 5.35. The molecule has 0 radical (unpaired) electrons. The Balaban J connectivity index is 2.04. The van der Waals surface area contributed by atoms with Crippen LogP contribution in [0.5, 0.6) is 17.4 Å². The van der Waals surface area contributed by atoms with Crippen LogP contribution in [-0.4, -0.2) is 25.8 Å².